The number of hydrogen-bond donors (Lipinski definition) is 2. The highest BCUT2D eigenvalue weighted by atomic mass is 32.2. The molecule has 0 aromatic heterocycles. The maximum atomic E-state index is 12.8. The zero-order valence-corrected chi connectivity index (χ0v) is 10.8. The molecule has 0 fully saturated rings. The van der Waals surface area contributed by atoms with E-state index in [0.717, 1.165) is 12.1 Å². The molecule has 0 aliphatic rings. The normalized spacial score (nSPS) is 11.2. The van der Waals surface area contributed by atoms with Gasteiger partial charge in [-0.1, -0.05) is 6.92 Å². The number of carbonyl (C=O) groups is 1. The summed E-state index contributed by atoms with van der Waals surface area (Å²) in [5.74, 6) is -1.18. The molecule has 0 atom stereocenters. The lowest BCUT2D eigenvalue weighted by Crippen LogP contribution is -2.18. The largest absolute Gasteiger partial charge is 0.397 e. The van der Waals surface area contributed by atoms with Gasteiger partial charge in [-0.3, -0.25) is 4.79 Å². The van der Waals surface area contributed by atoms with Crippen LogP contribution >= 0.6 is 0 Å². The fourth-order valence-electron chi connectivity index (χ4n) is 1.25. The van der Waals surface area contributed by atoms with Crippen molar-refractivity contribution in [2.24, 2.45) is 0 Å². The van der Waals surface area contributed by atoms with Crippen molar-refractivity contribution in [3.8, 4) is 0 Å². The van der Waals surface area contributed by atoms with Crippen molar-refractivity contribution < 1.29 is 17.6 Å². The first-order valence-corrected chi connectivity index (χ1v) is 7.21. The average Bonchev–Trinajstić information content (AvgIpc) is 2.30. The molecule has 18 heavy (non-hydrogen) atoms. The molecule has 0 bridgehead atoms. The number of anilines is 2. The van der Waals surface area contributed by atoms with E-state index in [1.165, 1.54) is 13.0 Å². The van der Waals surface area contributed by atoms with Gasteiger partial charge in [0, 0.05) is 12.2 Å². The van der Waals surface area contributed by atoms with E-state index in [1.807, 2.05) is 0 Å². The fraction of sp³-hybridized carbons (Fsp3) is 0.364. The number of nitrogen functional groups attached to an aromatic ring is 1. The van der Waals surface area contributed by atoms with Crippen LogP contribution in [-0.4, -0.2) is 25.8 Å². The Morgan fingerprint density at radius 1 is 1.44 bits per heavy atom. The third-order valence-electron chi connectivity index (χ3n) is 2.37. The molecular weight excluding hydrogens is 259 g/mol. The molecule has 0 saturated carbocycles. The predicted octanol–water partition coefficient (Wildman–Crippen LogP) is 1.17. The van der Waals surface area contributed by atoms with E-state index >= 15 is 0 Å². The molecule has 0 aliphatic carbocycles. The van der Waals surface area contributed by atoms with Crippen LogP contribution in [0.1, 0.15) is 13.3 Å². The Hall–Kier alpha value is -1.63. The summed E-state index contributed by atoms with van der Waals surface area (Å²) in [5.41, 5.74) is 5.88. The van der Waals surface area contributed by atoms with Gasteiger partial charge in [-0.2, -0.15) is 0 Å². The Morgan fingerprint density at radius 3 is 2.67 bits per heavy atom. The second-order valence-electron chi connectivity index (χ2n) is 3.77. The lowest BCUT2D eigenvalue weighted by Gasteiger charge is -2.08. The van der Waals surface area contributed by atoms with Gasteiger partial charge < -0.3 is 11.1 Å². The fourth-order valence-corrected chi connectivity index (χ4v) is 2.04. The highest BCUT2D eigenvalue weighted by Crippen LogP contribution is 2.19. The first-order chi connectivity index (χ1) is 8.34. The maximum absolute atomic E-state index is 12.8. The molecule has 3 N–H and O–H groups in total. The average molecular weight is 274 g/mol. The maximum Gasteiger partial charge on any atom is 0.225 e. The third-order valence-corrected chi connectivity index (χ3v) is 4.07. The minimum atomic E-state index is -3.18. The molecule has 0 aliphatic heterocycles. The van der Waals surface area contributed by atoms with E-state index in [2.05, 4.69) is 5.32 Å². The number of halogens is 1. The van der Waals surface area contributed by atoms with Crippen LogP contribution in [0.4, 0.5) is 15.8 Å². The van der Waals surface area contributed by atoms with Gasteiger partial charge in [0.25, 0.3) is 0 Å². The van der Waals surface area contributed by atoms with Gasteiger partial charge in [-0.15, -0.1) is 0 Å². The predicted molar refractivity (Wildman–Crippen MR) is 68.4 cm³/mol. The summed E-state index contributed by atoms with van der Waals surface area (Å²) in [7, 11) is -3.18. The van der Waals surface area contributed by atoms with Crippen molar-refractivity contribution in [2.75, 3.05) is 22.6 Å². The summed E-state index contributed by atoms with van der Waals surface area (Å²) >= 11 is 0. The highest BCUT2D eigenvalue weighted by molar-refractivity contribution is 7.91. The molecule has 1 amide bonds. The molecule has 0 saturated heterocycles. The molecule has 1 aromatic carbocycles. The van der Waals surface area contributed by atoms with Crippen LogP contribution in [-0.2, 0) is 14.6 Å². The molecular formula is C11H15FN2O3S. The van der Waals surface area contributed by atoms with E-state index in [4.69, 9.17) is 5.73 Å². The molecule has 0 radical (unpaired) electrons. The monoisotopic (exact) mass is 274 g/mol. The van der Waals surface area contributed by atoms with Crippen LogP contribution in [0.3, 0.4) is 0 Å². The minimum Gasteiger partial charge on any atom is -0.397 e. The minimum absolute atomic E-state index is 0.00102. The summed E-state index contributed by atoms with van der Waals surface area (Å²) in [6.07, 6.45) is -0.146. The number of amides is 1. The van der Waals surface area contributed by atoms with Crippen molar-refractivity contribution >= 4 is 27.1 Å². The lowest BCUT2D eigenvalue weighted by molar-refractivity contribution is -0.115. The van der Waals surface area contributed by atoms with Gasteiger partial charge in [-0.25, -0.2) is 12.8 Å². The van der Waals surface area contributed by atoms with E-state index in [9.17, 15) is 17.6 Å². The molecule has 0 heterocycles. The molecule has 100 valence electrons. The Labute approximate surface area is 105 Å². The Morgan fingerprint density at radius 2 is 2.11 bits per heavy atom. The van der Waals surface area contributed by atoms with E-state index in [0.29, 0.717) is 0 Å². The van der Waals surface area contributed by atoms with Crippen LogP contribution in [0.5, 0.6) is 0 Å². The first-order valence-electron chi connectivity index (χ1n) is 5.39. The van der Waals surface area contributed by atoms with Gasteiger partial charge in [0.15, 0.2) is 9.84 Å². The summed E-state index contributed by atoms with van der Waals surface area (Å²) < 4.78 is 35.2. The zero-order valence-electron chi connectivity index (χ0n) is 9.94. The number of nitrogens with one attached hydrogen (secondary N) is 1. The van der Waals surface area contributed by atoms with Crippen LogP contribution in [0, 0.1) is 5.82 Å². The van der Waals surface area contributed by atoms with Crippen LogP contribution in [0.25, 0.3) is 0 Å². The number of nitrogens with two attached hydrogens (primary N) is 1. The number of rotatable bonds is 5. The number of sulfone groups is 1. The van der Waals surface area contributed by atoms with Crippen molar-refractivity contribution in [1.82, 2.24) is 0 Å². The zero-order chi connectivity index (χ0) is 13.8. The van der Waals surface area contributed by atoms with Gasteiger partial charge >= 0.3 is 0 Å². The van der Waals surface area contributed by atoms with Gasteiger partial charge in [-0.05, 0) is 18.2 Å². The van der Waals surface area contributed by atoms with Gasteiger partial charge in [0.2, 0.25) is 5.91 Å². The molecule has 1 rings (SSSR count). The van der Waals surface area contributed by atoms with E-state index in [-0.39, 0.29) is 29.3 Å². The Kier molecular flexibility index (Phi) is 4.66. The van der Waals surface area contributed by atoms with Gasteiger partial charge in [0.1, 0.15) is 5.82 Å². The lowest BCUT2D eigenvalue weighted by atomic mass is 10.2. The molecule has 5 nitrogen and oxygen atoms in total. The number of hydrogen-bond acceptors (Lipinski definition) is 4. The highest BCUT2D eigenvalue weighted by Gasteiger charge is 2.12. The summed E-state index contributed by atoms with van der Waals surface area (Å²) in [5, 5.41) is 2.44. The van der Waals surface area contributed by atoms with Crippen LogP contribution in [0.2, 0.25) is 0 Å². The number of benzene rings is 1. The molecule has 7 heteroatoms. The van der Waals surface area contributed by atoms with Crippen molar-refractivity contribution in [1.29, 1.82) is 0 Å². The van der Waals surface area contributed by atoms with E-state index in [1.54, 1.807) is 0 Å². The van der Waals surface area contributed by atoms with Crippen molar-refractivity contribution in [3.05, 3.63) is 24.0 Å². The van der Waals surface area contributed by atoms with Crippen molar-refractivity contribution in [2.45, 2.75) is 13.3 Å². The molecule has 0 unspecified atom stereocenters. The molecule has 0 spiro atoms. The smallest absolute Gasteiger partial charge is 0.225 e. The Balaban J connectivity index is 2.60. The molecule has 1 aromatic rings. The third kappa shape index (κ3) is 4.33. The quantitative estimate of drug-likeness (QED) is 0.789. The number of carbonyl (C=O) groups excluding carboxylic acids is 1. The second-order valence-corrected chi connectivity index (χ2v) is 6.24. The topological polar surface area (TPSA) is 89.3 Å². The Bertz CT molecular complexity index is 543. The van der Waals surface area contributed by atoms with E-state index < -0.39 is 21.6 Å². The SMILES string of the molecule is CCS(=O)(=O)CCC(=O)Nc1ccc(F)cc1N. The summed E-state index contributed by atoms with van der Waals surface area (Å²) in [4.78, 5) is 11.5. The standard InChI is InChI=1S/C11H15FN2O3S/c1-2-18(16,17)6-5-11(15)14-10-4-3-8(12)7-9(10)13/h3-4,7H,2,5-6,13H2,1H3,(H,14,15). The van der Waals surface area contributed by atoms with Crippen LogP contribution < -0.4 is 11.1 Å². The van der Waals surface area contributed by atoms with Crippen molar-refractivity contribution in [3.63, 3.8) is 0 Å². The summed E-state index contributed by atoms with van der Waals surface area (Å²) in [6.45, 7) is 1.52. The summed E-state index contributed by atoms with van der Waals surface area (Å²) in [6, 6.07) is 3.57. The van der Waals surface area contributed by atoms with Crippen LogP contribution in [0.15, 0.2) is 18.2 Å². The second kappa shape index (κ2) is 5.81. The van der Waals surface area contributed by atoms with Gasteiger partial charge in [0.05, 0.1) is 17.1 Å². The first kappa shape index (κ1) is 14.4.